The minimum Gasteiger partial charge on any atom is -0.487 e. The number of halogens is 3. The summed E-state index contributed by atoms with van der Waals surface area (Å²) in [5.41, 5.74) is 6.49. The minimum atomic E-state index is -4.60. The van der Waals surface area contributed by atoms with Crippen molar-refractivity contribution in [2.45, 2.75) is 19.3 Å². The lowest BCUT2D eigenvalue weighted by Crippen LogP contribution is -2.28. The summed E-state index contributed by atoms with van der Waals surface area (Å²) >= 11 is 0. The van der Waals surface area contributed by atoms with Crippen molar-refractivity contribution in [3.8, 4) is 5.75 Å². The van der Waals surface area contributed by atoms with Gasteiger partial charge in [0.15, 0.2) is 5.96 Å². The number of nitrogens with two attached hydrogens (primary N) is 1. The first kappa shape index (κ1) is 23.1. The van der Waals surface area contributed by atoms with Crippen LogP contribution in [0.2, 0.25) is 0 Å². The summed E-state index contributed by atoms with van der Waals surface area (Å²) < 4.78 is 46.4. The van der Waals surface area contributed by atoms with Crippen LogP contribution in [0, 0.1) is 0 Å². The molecule has 3 rings (SSSR count). The molecule has 0 aliphatic rings. The molecule has 170 valence electrons. The zero-order chi connectivity index (χ0) is 23.5. The second kappa shape index (κ2) is 9.31. The zero-order valence-electron chi connectivity index (χ0n) is 17.9. The summed E-state index contributed by atoms with van der Waals surface area (Å²) in [7, 11) is 5.39. The number of aromatic nitrogens is 1. The number of hydrogen-bond donors (Lipinski definition) is 3. The van der Waals surface area contributed by atoms with Gasteiger partial charge in [-0.25, -0.2) is 0 Å². The Morgan fingerprint density at radius 1 is 1.19 bits per heavy atom. The molecule has 0 unspecified atom stereocenters. The van der Waals surface area contributed by atoms with Crippen molar-refractivity contribution in [2.24, 2.45) is 10.7 Å². The van der Waals surface area contributed by atoms with Crippen molar-refractivity contribution in [3.05, 3.63) is 64.8 Å². The number of aromatic amines is 1. The number of guanidine groups is 1. The maximum Gasteiger partial charge on any atom is 0.417 e. The Kier molecular flexibility index (Phi) is 6.73. The van der Waals surface area contributed by atoms with Crippen molar-refractivity contribution < 1.29 is 22.7 Å². The van der Waals surface area contributed by atoms with Crippen LogP contribution in [0.15, 0.2) is 47.5 Å². The average Bonchev–Trinajstić information content (AvgIpc) is 3.16. The zero-order valence-corrected chi connectivity index (χ0v) is 17.9. The van der Waals surface area contributed by atoms with E-state index in [1.807, 2.05) is 43.3 Å². The highest BCUT2D eigenvalue weighted by molar-refractivity contribution is 6.05. The van der Waals surface area contributed by atoms with Crippen molar-refractivity contribution in [1.82, 2.24) is 15.2 Å². The van der Waals surface area contributed by atoms with Crippen LogP contribution in [-0.2, 0) is 19.3 Å². The number of amides is 1. The summed E-state index contributed by atoms with van der Waals surface area (Å²) in [6.07, 6.45) is -4.60. The number of H-pyrrole nitrogens is 1. The largest absolute Gasteiger partial charge is 0.487 e. The van der Waals surface area contributed by atoms with Gasteiger partial charge in [0.2, 0.25) is 0 Å². The van der Waals surface area contributed by atoms with E-state index in [1.165, 1.54) is 13.1 Å². The quantitative estimate of drug-likeness (QED) is 0.397. The summed E-state index contributed by atoms with van der Waals surface area (Å²) in [5, 5.41) is 2.30. The summed E-state index contributed by atoms with van der Waals surface area (Å²) in [6.45, 7) is 0.894. The number of carbonyl (C=O) groups is 1. The standard InChI is InChI=1S/C22H24F3N5O2/c1-27-21(26)29-20(31)17-10-15-16(22(23,24)25)7-8-18(19(15)28-17)32-12-14-6-4-5-13(9-14)11-30(2)3/h4-10,28H,11-12H2,1-3H3,(H3,26,27,29,31). The maximum absolute atomic E-state index is 13.5. The molecule has 1 aromatic heterocycles. The molecule has 0 atom stereocenters. The highest BCUT2D eigenvalue weighted by Gasteiger charge is 2.34. The monoisotopic (exact) mass is 447 g/mol. The van der Waals surface area contributed by atoms with Crippen molar-refractivity contribution >= 4 is 22.8 Å². The maximum atomic E-state index is 13.5. The van der Waals surface area contributed by atoms with E-state index in [9.17, 15) is 18.0 Å². The molecule has 4 N–H and O–H groups in total. The van der Waals surface area contributed by atoms with Gasteiger partial charge < -0.3 is 25.7 Å². The molecule has 0 aliphatic heterocycles. The molecule has 1 amide bonds. The number of carbonyl (C=O) groups excluding carboxylic acids is 1. The van der Waals surface area contributed by atoms with Crippen LogP contribution in [0.1, 0.15) is 27.2 Å². The van der Waals surface area contributed by atoms with Crippen molar-refractivity contribution in [3.63, 3.8) is 0 Å². The highest BCUT2D eigenvalue weighted by atomic mass is 19.4. The lowest BCUT2D eigenvalue weighted by Gasteiger charge is -2.13. The second-order valence-electron chi connectivity index (χ2n) is 7.48. The Balaban J connectivity index is 1.96. The second-order valence-corrected chi connectivity index (χ2v) is 7.48. The normalized spacial score (nSPS) is 12.4. The molecule has 10 heteroatoms. The Bertz CT molecular complexity index is 1150. The third-order valence-electron chi connectivity index (χ3n) is 4.65. The number of alkyl halides is 3. The molecule has 0 bridgehead atoms. The third kappa shape index (κ3) is 5.38. The Morgan fingerprint density at radius 2 is 1.91 bits per heavy atom. The van der Waals surface area contributed by atoms with Gasteiger partial charge >= 0.3 is 6.18 Å². The highest BCUT2D eigenvalue weighted by Crippen LogP contribution is 2.39. The molecule has 0 radical (unpaired) electrons. The van der Waals surface area contributed by atoms with Gasteiger partial charge in [0.1, 0.15) is 18.1 Å². The van der Waals surface area contributed by atoms with Gasteiger partial charge in [-0.05, 0) is 43.4 Å². The third-order valence-corrected chi connectivity index (χ3v) is 4.65. The van der Waals surface area contributed by atoms with Crippen LogP contribution >= 0.6 is 0 Å². The van der Waals surface area contributed by atoms with Crippen molar-refractivity contribution in [1.29, 1.82) is 0 Å². The predicted molar refractivity (Wildman–Crippen MR) is 116 cm³/mol. The van der Waals surface area contributed by atoms with Gasteiger partial charge in [-0.15, -0.1) is 0 Å². The number of ether oxygens (including phenoxy) is 1. The van der Waals surface area contributed by atoms with Gasteiger partial charge in [-0.3, -0.25) is 4.79 Å². The smallest absolute Gasteiger partial charge is 0.417 e. The lowest BCUT2D eigenvalue weighted by molar-refractivity contribution is -0.136. The van der Waals surface area contributed by atoms with E-state index in [1.54, 1.807) is 0 Å². The molecular formula is C22H24F3N5O2. The van der Waals surface area contributed by atoms with Gasteiger partial charge in [-0.1, -0.05) is 24.3 Å². The first-order valence-electron chi connectivity index (χ1n) is 9.73. The molecule has 0 saturated heterocycles. The number of hydrogen-bond acceptors (Lipinski definition) is 3. The topological polar surface area (TPSA) is 95.7 Å². The van der Waals surface area contributed by atoms with Crippen LogP contribution in [0.4, 0.5) is 13.2 Å². The van der Waals surface area contributed by atoms with Crippen molar-refractivity contribution in [2.75, 3.05) is 21.1 Å². The van der Waals surface area contributed by atoms with E-state index in [-0.39, 0.29) is 34.9 Å². The fourth-order valence-corrected chi connectivity index (χ4v) is 3.25. The van der Waals surface area contributed by atoms with E-state index in [4.69, 9.17) is 10.5 Å². The van der Waals surface area contributed by atoms with E-state index >= 15 is 0 Å². The van der Waals surface area contributed by atoms with Gasteiger partial charge in [-0.2, -0.15) is 18.2 Å². The molecule has 0 fully saturated rings. The molecule has 1 heterocycles. The number of benzene rings is 2. The Morgan fingerprint density at radius 3 is 2.56 bits per heavy atom. The lowest BCUT2D eigenvalue weighted by atomic mass is 10.1. The molecule has 0 saturated carbocycles. The summed E-state index contributed by atoms with van der Waals surface area (Å²) in [6, 6.07) is 11.0. The first-order chi connectivity index (χ1) is 15.1. The molecule has 7 nitrogen and oxygen atoms in total. The fourth-order valence-electron chi connectivity index (χ4n) is 3.25. The molecule has 3 aromatic rings. The van der Waals surface area contributed by atoms with Crippen LogP contribution in [0.25, 0.3) is 10.9 Å². The Hall–Kier alpha value is -3.53. The Labute approximate surface area is 183 Å². The number of aliphatic imine (C=N–C) groups is 1. The van der Waals surface area contributed by atoms with E-state index in [0.717, 1.165) is 29.8 Å². The van der Waals surface area contributed by atoms with Crippen LogP contribution in [0.5, 0.6) is 5.75 Å². The van der Waals surface area contributed by atoms with E-state index < -0.39 is 17.6 Å². The van der Waals surface area contributed by atoms with E-state index in [2.05, 4.69) is 15.3 Å². The summed E-state index contributed by atoms with van der Waals surface area (Å²) in [5.74, 6) is -0.766. The molecule has 0 spiro atoms. The van der Waals surface area contributed by atoms with E-state index in [0.29, 0.717) is 0 Å². The molecule has 2 aromatic carbocycles. The predicted octanol–water partition coefficient (Wildman–Crippen LogP) is 3.50. The van der Waals surface area contributed by atoms with Gasteiger partial charge in [0, 0.05) is 19.0 Å². The number of rotatable bonds is 6. The number of nitrogens with zero attached hydrogens (tertiary/aromatic N) is 2. The number of nitrogens with one attached hydrogen (secondary N) is 2. The van der Waals surface area contributed by atoms with Crippen LogP contribution in [0.3, 0.4) is 0 Å². The minimum absolute atomic E-state index is 0.0610. The van der Waals surface area contributed by atoms with Gasteiger partial charge in [0.25, 0.3) is 5.91 Å². The molecule has 32 heavy (non-hydrogen) atoms. The first-order valence-corrected chi connectivity index (χ1v) is 9.73. The molecule has 0 aliphatic carbocycles. The average molecular weight is 447 g/mol. The van der Waals surface area contributed by atoms with Crippen LogP contribution in [-0.4, -0.2) is 42.9 Å². The molecular weight excluding hydrogens is 423 g/mol. The number of fused-ring (bicyclic) bond motifs is 1. The SMILES string of the molecule is CNC(N)=NC(=O)c1cc2c(C(F)(F)F)ccc(OCc3cccc(CN(C)C)c3)c2[nH]1. The van der Waals surface area contributed by atoms with Gasteiger partial charge in [0.05, 0.1) is 11.1 Å². The fraction of sp³-hybridized carbons (Fsp3) is 0.273. The van der Waals surface area contributed by atoms with Crippen LogP contribution < -0.4 is 15.8 Å². The summed E-state index contributed by atoms with van der Waals surface area (Å²) in [4.78, 5) is 20.6.